The predicted molar refractivity (Wildman–Crippen MR) is 111 cm³/mol. The number of thioether (sulfide) groups is 1. The van der Waals surface area contributed by atoms with Crippen LogP contribution in [0, 0.1) is 6.92 Å². The van der Waals surface area contributed by atoms with Gasteiger partial charge >= 0.3 is 0 Å². The molecule has 4 aromatic rings. The Bertz CT molecular complexity index is 1130. The topological polar surface area (TPSA) is 94.1 Å². The number of halogens is 1. The fourth-order valence-corrected chi connectivity index (χ4v) is 3.36. The molecular weight excluding hydrogens is 412 g/mol. The van der Waals surface area contributed by atoms with E-state index in [1.165, 1.54) is 11.8 Å². The molecule has 9 heteroatoms. The molecule has 0 saturated heterocycles. The van der Waals surface area contributed by atoms with Gasteiger partial charge in [-0.3, -0.25) is 4.79 Å². The molecule has 3 aromatic heterocycles. The van der Waals surface area contributed by atoms with Crippen LogP contribution in [0.2, 0.25) is 5.02 Å². The van der Waals surface area contributed by atoms with Gasteiger partial charge in [0.2, 0.25) is 11.1 Å². The SMILES string of the molecule is Cc1c(Cl)cccc1NC(=O)CSc1nnc(-c2ccco2)c(-c2ccco2)n1. The van der Waals surface area contributed by atoms with E-state index in [1.54, 1.807) is 55.0 Å². The molecule has 0 saturated carbocycles. The van der Waals surface area contributed by atoms with E-state index in [1.807, 2.05) is 6.92 Å². The van der Waals surface area contributed by atoms with Crippen LogP contribution in [-0.2, 0) is 4.79 Å². The Labute approximate surface area is 175 Å². The molecule has 3 heterocycles. The van der Waals surface area contributed by atoms with Crippen molar-refractivity contribution in [2.24, 2.45) is 0 Å². The van der Waals surface area contributed by atoms with Gasteiger partial charge in [-0.05, 0) is 48.9 Å². The molecule has 0 radical (unpaired) electrons. The van der Waals surface area contributed by atoms with Crippen LogP contribution in [0.25, 0.3) is 22.9 Å². The van der Waals surface area contributed by atoms with E-state index in [-0.39, 0.29) is 11.7 Å². The second-order valence-electron chi connectivity index (χ2n) is 6.00. The van der Waals surface area contributed by atoms with Gasteiger partial charge in [-0.2, -0.15) is 0 Å². The summed E-state index contributed by atoms with van der Waals surface area (Å²) >= 11 is 7.27. The maximum atomic E-state index is 12.3. The van der Waals surface area contributed by atoms with Crippen molar-refractivity contribution in [3.63, 3.8) is 0 Å². The highest BCUT2D eigenvalue weighted by atomic mass is 35.5. The Morgan fingerprint density at radius 2 is 1.76 bits per heavy atom. The standard InChI is InChI=1S/C20H15ClN4O3S/c1-12-13(21)5-2-6-14(12)22-17(26)11-29-20-23-18(15-7-3-9-27-15)19(24-25-20)16-8-4-10-28-16/h2-10H,11H2,1H3,(H,22,26). The van der Waals surface area contributed by atoms with Crippen molar-refractivity contribution in [2.75, 3.05) is 11.1 Å². The van der Waals surface area contributed by atoms with Crippen LogP contribution in [0.4, 0.5) is 5.69 Å². The molecule has 4 rings (SSSR count). The van der Waals surface area contributed by atoms with Crippen molar-refractivity contribution < 1.29 is 13.6 Å². The first-order valence-electron chi connectivity index (χ1n) is 8.62. The van der Waals surface area contributed by atoms with Crippen molar-refractivity contribution in [2.45, 2.75) is 12.1 Å². The Morgan fingerprint density at radius 1 is 1.03 bits per heavy atom. The molecule has 0 fully saturated rings. The maximum Gasteiger partial charge on any atom is 0.234 e. The summed E-state index contributed by atoms with van der Waals surface area (Å²) in [4.78, 5) is 16.8. The minimum atomic E-state index is -0.196. The second-order valence-corrected chi connectivity index (χ2v) is 7.35. The Kier molecular flexibility index (Phi) is 5.64. The van der Waals surface area contributed by atoms with Crippen LogP contribution in [-0.4, -0.2) is 26.8 Å². The molecule has 29 heavy (non-hydrogen) atoms. The van der Waals surface area contributed by atoms with Gasteiger partial charge in [0, 0.05) is 10.7 Å². The van der Waals surface area contributed by atoms with Crippen LogP contribution >= 0.6 is 23.4 Å². The second kappa shape index (κ2) is 8.50. The van der Waals surface area contributed by atoms with Gasteiger partial charge in [-0.1, -0.05) is 29.4 Å². The fraction of sp³-hybridized carbons (Fsp3) is 0.100. The quantitative estimate of drug-likeness (QED) is 0.429. The van der Waals surface area contributed by atoms with E-state index in [4.69, 9.17) is 20.4 Å². The van der Waals surface area contributed by atoms with E-state index in [2.05, 4.69) is 20.5 Å². The van der Waals surface area contributed by atoms with Crippen LogP contribution < -0.4 is 5.32 Å². The number of aromatic nitrogens is 3. The lowest BCUT2D eigenvalue weighted by molar-refractivity contribution is -0.113. The van der Waals surface area contributed by atoms with E-state index >= 15 is 0 Å². The Hall–Kier alpha value is -3.10. The number of hydrogen-bond donors (Lipinski definition) is 1. The molecule has 0 spiro atoms. The molecule has 7 nitrogen and oxygen atoms in total. The summed E-state index contributed by atoms with van der Waals surface area (Å²) in [6, 6.07) is 12.4. The zero-order valence-electron chi connectivity index (χ0n) is 15.3. The molecule has 0 atom stereocenters. The molecular formula is C20H15ClN4O3S. The summed E-state index contributed by atoms with van der Waals surface area (Å²) in [6.07, 6.45) is 3.10. The number of rotatable bonds is 6. The monoisotopic (exact) mass is 426 g/mol. The Morgan fingerprint density at radius 3 is 2.45 bits per heavy atom. The van der Waals surface area contributed by atoms with Gasteiger partial charge in [-0.15, -0.1) is 10.2 Å². The van der Waals surface area contributed by atoms with Gasteiger partial charge in [-0.25, -0.2) is 4.98 Å². The van der Waals surface area contributed by atoms with Crippen molar-refractivity contribution in [1.82, 2.24) is 15.2 Å². The number of anilines is 1. The highest BCUT2D eigenvalue weighted by Gasteiger charge is 2.18. The average molecular weight is 427 g/mol. The van der Waals surface area contributed by atoms with Gasteiger partial charge < -0.3 is 14.2 Å². The summed E-state index contributed by atoms with van der Waals surface area (Å²) in [5.41, 5.74) is 2.45. The van der Waals surface area contributed by atoms with Gasteiger partial charge in [0.25, 0.3) is 0 Å². The first-order valence-corrected chi connectivity index (χ1v) is 9.98. The van der Waals surface area contributed by atoms with Crippen LogP contribution in [0.1, 0.15) is 5.56 Å². The van der Waals surface area contributed by atoms with Crippen molar-refractivity contribution >= 4 is 35.0 Å². The van der Waals surface area contributed by atoms with Gasteiger partial charge in [0.15, 0.2) is 17.2 Å². The van der Waals surface area contributed by atoms with Gasteiger partial charge in [0.1, 0.15) is 5.69 Å². The molecule has 1 amide bonds. The molecule has 1 N–H and O–H groups in total. The summed E-state index contributed by atoms with van der Waals surface area (Å²) in [6.45, 7) is 1.85. The summed E-state index contributed by atoms with van der Waals surface area (Å²) in [5.74, 6) is 0.985. The maximum absolute atomic E-state index is 12.3. The zero-order chi connectivity index (χ0) is 20.2. The third-order valence-electron chi connectivity index (χ3n) is 4.05. The minimum Gasteiger partial charge on any atom is -0.463 e. The summed E-state index contributed by atoms with van der Waals surface area (Å²) in [5, 5.41) is 12.1. The minimum absolute atomic E-state index is 0.116. The first-order chi connectivity index (χ1) is 14.1. The molecule has 0 aliphatic heterocycles. The van der Waals surface area contributed by atoms with E-state index in [9.17, 15) is 4.79 Å². The highest BCUT2D eigenvalue weighted by molar-refractivity contribution is 7.99. The predicted octanol–water partition coefficient (Wildman–Crippen LogP) is 5.08. The molecule has 1 aromatic carbocycles. The van der Waals surface area contributed by atoms with Crippen molar-refractivity contribution in [3.05, 3.63) is 65.6 Å². The lowest BCUT2D eigenvalue weighted by Crippen LogP contribution is -2.15. The molecule has 0 aliphatic carbocycles. The number of carbonyl (C=O) groups is 1. The lowest BCUT2D eigenvalue weighted by atomic mass is 10.2. The summed E-state index contributed by atoms with van der Waals surface area (Å²) in [7, 11) is 0. The Balaban J connectivity index is 1.51. The number of furan rings is 2. The third-order valence-corrected chi connectivity index (χ3v) is 5.30. The normalized spacial score (nSPS) is 10.8. The molecule has 0 aliphatic rings. The first kappa shape index (κ1) is 19.2. The molecule has 146 valence electrons. The number of nitrogens with one attached hydrogen (secondary N) is 1. The van der Waals surface area contributed by atoms with Crippen LogP contribution in [0.3, 0.4) is 0 Å². The smallest absolute Gasteiger partial charge is 0.234 e. The largest absolute Gasteiger partial charge is 0.463 e. The lowest BCUT2D eigenvalue weighted by Gasteiger charge is -2.09. The number of hydrogen-bond acceptors (Lipinski definition) is 7. The van der Waals surface area contributed by atoms with Crippen molar-refractivity contribution in [1.29, 1.82) is 0 Å². The van der Waals surface area contributed by atoms with Crippen LogP contribution in [0.15, 0.2) is 69.0 Å². The van der Waals surface area contributed by atoms with Crippen LogP contribution in [0.5, 0.6) is 0 Å². The third kappa shape index (κ3) is 4.33. The number of amides is 1. The zero-order valence-corrected chi connectivity index (χ0v) is 16.8. The average Bonchev–Trinajstić information content (AvgIpc) is 3.44. The van der Waals surface area contributed by atoms with Crippen molar-refractivity contribution in [3.8, 4) is 22.9 Å². The number of benzene rings is 1. The van der Waals surface area contributed by atoms with E-state index in [0.717, 1.165) is 5.56 Å². The number of nitrogens with zero attached hydrogens (tertiary/aromatic N) is 3. The molecule has 0 unspecified atom stereocenters. The van der Waals surface area contributed by atoms with E-state index in [0.29, 0.717) is 38.8 Å². The van der Waals surface area contributed by atoms with E-state index < -0.39 is 0 Å². The number of carbonyl (C=O) groups excluding carboxylic acids is 1. The summed E-state index contributed by atoms with van der Waals surface area (Å²) < 4.78 is 10.9. The fourth-order valence-electron chi connectivity index (χ4n) is 2.60. The molecule has 0 bridgehead atoms. The highest BCUT2D eigenvalue weighted by Crippen LogP contribution is 2.30. The van der Waals surface area contributed by atoms with Gasteiger partial charge in [0.05, 0.1) is 18.3 Å².